The number of amides is 1. The van der Waals surface area contributed by atoms with Crippen molar-refractivity contribution in [1.82, 2.24) is 5.32 Å². The van der Waals surface area contributed by atoms with E-state index in [0.717, 1.165) is 6.92 Å². The molecule has 1 rings (SSSR count). The number of carboxylic acids is 1. The summed E-state index contributed by atoms with van der Waals surface area (Å²) in [4.78, 5) is 39.5. The van der Waals surface area contributed by atoms with Crippen LogP contribution in [0.3, 0.4) is 0 Å². The molecule has 1 saturated heterocycles. The monoisotopic (exact) mass is 373 g/mol. The number of hydrogen-bond acceptors (Lipinski definition) is 8. The Hall–Kier alpha value is -1.11. The molecule has 1 heterocycles. The Kier molecular flexibility index (Phi) is 7.25. The highest BCUT2D eigenvalue weighted by Gasteiger charge is 2.47. The van der Waals surface area contributed by atoms with Crippen molar-refractivity contribution in [2.75, 3.05) is 6.61 Å². The fourth-order valence-electron chi connectivity index (χ4n) is 2.09. The molecule has 1 amide bonds. The summed E-state index contributed by atoms with van der Waals surface area (Å²) in [5.41, 5.74) is 0. The lowest BCUT2D eigenvalue weighted by molar-refractivity contribution is -0.266. The molecule has 1 aliphatic heterocycles. The second-order valence-corrected chi connectivity index (χ2v) is 6.39. The van der Waals surface area contributed by atoms with E-state index in [0.29, 0.717) is 0 Å². The third kappa shape index (κ3) is 6.07. The predicted octanol–water partition coefficient (Wildman–Crippen LogP) is -2.46. The molecule has 1 fully saturated rings. The number of aliphatic carboxylic acids is 1. The largest absolute Gasteiger partial charge is 0.479 e. The lowest BCUT2D eigenvalue weighted by atomic mass is 9.96. The number of hydrogen-bond donors (Lipinski definition) is 6. The summed E-state index contributed by atoms with van der Waals surface area (Å²) in [7, 11) is -4.86. The van der Waals surface area contributed by atoms with Crippen molar-refractivity contribution < 1.29 is 53.3 Å². The maximum atomic E-state index is 11.2. The summed E-state index contributed by atoms with van der Waals surface area (Å²) in [5.74, 6) is -1.95. The van der Waals surface area contributed by atoms with E-state index in [9.17, 15) is 24.4 Å². The average molecular weight is 373 g/mol. The SMILES string of the molecule is CC(=O)NC1C(O)OC(COP(=O)(O)O)C(O)C1OC(C)C(=O)O. The van der Waals surface area contributed by atoms with E-state index in [4.69, 9.17) is 24.4 Å². The number of rotatable bonds is 7. The molecule has 140 valence electrons. The van der Waals surface area contributed by atoms with E-state index in [1.165, 1.54) is 6.92 Å². The van der Waals surface area contributed by atoms with Crippen LogP contribution in [-0.4, -0.2) is 80.3 Å². The van der Waals surface area contributed by atoms with E-state index in [1.807, 2.05) is 0 Å². The minimum Gasteiger partial charge on any atom is -0.479 e. The Morgan fingerprint density at radius 3 is 2.38 bits per heavy atom. The molecule has 6 N–H and O–H groups in total. The van der Waals surface area contributed by atoms with Crippen LogP contribution in [0.25, 0.3) is 0 Å². The minimum atomic E-state index is -4.86. The van der Waals surface area contributed by atoms with Gasteiger partial charge in [0.25, 0.3) is 0 Å². The van der Waals surface area contributed by atoms with Gasteiger partial charge < -0.3 is 39.9 Å². The van der Waals surface area contributed by atoms with Crippen LogP contribution in [0.5, 0.6) is 0 Å². The summed E-state index contributed by atoms with van der Waals surface area (Å²) >= 11 is 0. The molecule has 0 radical (unpaired) electrons. The van der Waals surface area contributed by atoms with Crippen LogP contribution in [-0.2, 0) is 28.2 Å². The molecule has 1 aliphatic rings. The number of ether oxygens (including phenoxy) is 2. The van der Waals surface area contributed by atoms with Crippen molar-refractivity contribution in [1.29, 1.82) is 0 Å². The molecule has 0 bridgehead atoms. The van der Waals surface area contributed by atoms with Gasteiger partial charge in [0.05, 0.1) is 6.61 Å². The number of aliphatic hydroxyl groups is 2. The van der Waals surface area contributed by atoms with Crippen molar-refractivity contribution in [3.63, 3.8) is 0 Å². The van der Waals surface area contributed by atoms with Crippen molar-refractivity contribution in [2.45, 2.75) is 50.6 Å². The zero-order valence-electron chi connectivity index (χ0n) is 12.8. The van der Waals surface area contributed by atoms with Crippen LogP contribution >= 0.6 is 7.82 Å². The van der Waals surface area contributed by atoms with Crippen LogP contribution in [0.4, 0.5) is 0 Å². The molecule has 0 aromatic heterocycles. The van der Waals surface area contributed by atoms with Gasteiger partial charge >= 0.3 is 13.8 Å². The highest BCUT2D eigenvalue weighted by atomic mass is 31.2. The second-order valence-electron chi connectivity index (χ2n) is 5.15. The number of carbonyl (C=O) groups is 2. The van der Waals surface area contributed by atoms with Gasteiger partial charge in [-0.05, 0) is 6.92 Å². The topological polar surface area (TPSA) is 192 Å². The van der Waals surface area contributed by atoms with Gasteiger partial charge in [-0.15, -0.1) is 0 Å². The van der Waals surface area contributed by atoms with Crippen LogP contribution < -0.4 is 5.32 Å². The second kappa shape index (κ2) is 8.32. The molecule has 0 saturated carbocycles. The fourth-order valence-corrected chi connectivity index (χ4v) is 2.43. The van der Waals surface area contributed by atoms with Gasteiger partial charge in [0.15, 0.2) is 12.4 Å². The fraction of sp³-hybridized carbons (Fsp3) is 0.818. The first kappa shape index (κ1) is 20.9. The highest BCUT2D eigenvalue weighted by molar-refractivity contribution is 7.46. The number of carbonyl (C=O) groups excluding carboxylic acids is 1. The van der Waals surface area contributed by atoms with Crippen molar-refractivity contribution >= 4 is 19.7 Å². The van der Waals surface area contributed by atoms with Gasteiger partial charge in [0.2, 0.25) is 5.91 Å². The molecule has 6 unspecified atom stereocenters. The molecular formula is C11H20NO11P. The lowest BCUT2D eigenvalue weighted by Crippen LogP contribution is -2.65. The molecule has 12 nitrogen and oxygen atoms in total. The summed E-state index contributed by atoms with van der Waals surface area (Å²) in [5, 5.41) is 31.3. The molecule has 24 heavy (non-hydrogen) atoms. The van der Waals surface area contributed by atoms with Gasteiger partial charge in [0.1, 0.15) is 24.4 Å². The van der Waals surface area contributed by atoms with Crippen molar-refractivity contribution in [2.24, 2.45) is 0 Å². The normalized spacial score (nSPS) is 32.2. The molecular weight excluding hydrogens is 353 g/mol. The summed E-state index contributed by atoms with van der Waals surface area (Å²) in [6.07, 6.45) is -7.61. The van der Waals surface area contributed by atoms with E-state index in [2.05, 4.69) is 9.84 Å². The molecule has 13 heteroatoms. The van der Waals surface area contributed by atoms with Crippen LogP contribution in [0.15, 0.2) is 0 Å². The number of phosphoric ester groups is 1. The Morgan fingerprint density at radius 1 is 1.33 bits per heavy atom. The zero-order chi connectivity index (χ0) is 18.7. The van der Waals surface area contributed by atoms with E-state index < -0.39 is 63.1 Å². The molecule has 0 aliphatic carbocycles. The maximum absolute atomic E-state index is 11.2. The lowest BCUT2D eigenvalue weighted by Gasteiger charge is -2.43. The third-order valence-electron chi connectivity index (χ3n) is 3.18. The Bertz CT molecular complexity index is 508. The highest BCUT2D eigenvalue weighted by Crippen LogP contribution is 2.37. The van der Waals surface area contributed by atoms with Crippen molar-refractivity contribution in [3.8, 4) is 0 Å². The first-order valence-corrected chi connectivity index (χ1v) is 8.32. The van der Waals surface area contributed by atoms with Crippen LogP contribution in [0, 0.1) is 0 Å². The maximum Gasteiger partial charge on any atom is 0.469 e. The van der Waals surface area contributed by atoms with Crippen molar-refractivity contribution in [3.05, 3.63) is 0 Å². The predicted molar refractivity (Wildman–Crippen MR) is 74.5 cm³/mol. The first-order chi connectivity index (χ1) is 10.9. The Morgan fingerprint density at radius 2 is 1.92 bits per heavy atom. The standard InChI is InChI=1S/C11H20NO11P/c1-4(10(15)16)22-9-7(12-5(2)13)11(17)23-6(8(9)14)3-21-24(18,19)20/h4,6-9,11,14,17H,3H2,1-2H3,(H,12,13)(H,15,16)(H2,18,19,20). The minimum absolute atomic E-state index is 0.601. The Labute approximate surface area is 136 Å². The zero-order valence-corrected chi connectivity index (χ0v) is 13.7. The van der Waals surface area contributed by atoms with Crippen LogP contribution in [0.2, 0.25) is 0 Å². The number of nitrogens with one attached hydrogen (secondary N) is 1. The number of aliphatic hydroxyl groups excluding tert-OH is 2. The van der Waals surface area contributed by atoms with Crippen LogP contribution in [0.1, 0.15) is 13.8 Å². The smallest absolute Gasteiger partial charge is 0.469 e. The number of carboxylic acid groups (broad SMARTS) is 1. The van der Waals surface area contributed by atoms with Gasteiger partial charge in [-0.25, -0.2) is 9.36 Å². The molecule has 6 atom stereocenters. The van der Waals surface area contributed by atoms with Gasteiger partial charge in [-0.3, -0.25) is 9.32 Å². The quantitative estimate of drug-likeness (QED) is 0.259. The molecule has 0 spiro atoms. The van der Waals surface area contributed by atoms with Gasteiger partial charge in [-0.2, -0.15) is 0 Å². The van der Waals surface area contributed by atoms with E-state index >= 15 is 0 Å². The first-order valence-electron chi connectivity index (χ1n) is 6.79. The summed E-state index contributed by atoms with van der Waals surface area (Å²) < 4.78 is 25.1. The summed E-state index contributed by atoms with van der Waals surface area (Å²) in [6.45, 7) is 1.50. The third-order valence-corrected chi connectivity index (χ3v) is 3.66. The van der Waals surface area contributed by atoms with E-state index in [1.54, 1.807) is 0 Å². The molecule has 0 aromatic rings. The molecule has 0 aromatic carbocycles. The van der Waals surface area contributed by atoms with E-state index in [-0.39, 0.29) is 0 Å². The Balaban J connectivity index is 2.95. The van der Waals surface area contributed by atoms with Gasteiger partial charge in [-0.1, -0.05) is 0 Å². The number of phosphoric acid groups is 1. The summed E-state index contributed by atoms with van der Waals surface area (Å²) in [6, 6.07) is -1.30. The van der Waals surface area contributed by atoms with Gasteiger partial charge in [0, 0.05) is 6.92 Å². The average Bonchev–Trinajstić information content (AvgIpc) is 2.43.